The number of likely N-dealkylation sites (tertiary alicyclic amines) is 1. The lowest BCUT2D eigenvalue weighted by Gasteiger charge is -2.23. The van der Waals surface area contributed by atoms with Crippen molar-refractivity contribution in [2.75, 3.05) is 44.2 Å². The molecule has 2 aliphatic heterocycles. The third-order valence-electron chi connectivity index (χ3n) is 4.99. The molecule has 1 fully saturated rings. The summed E-state index contributed by atoms with van der Waals surface area (Å²) in [5.74, 6) is 0. The minimum Gasteiger partial charge on any atom is -0.370 e. The Morgan fingerprint density at radius 1 is 1.14 bits per heavy atom. The van der Waals surface area contributed by atoms with E-state index in [1.165, 1.54) is 63.2 Å². The Morgan fingerprint density at radius 3 is 2.71 bits per heavy atom. The number of benzene rings is 1. The van der Waals surface area contributed by atoms with E-state index in [1.54, 1.807) is 5.56 Å². The molecule has 0 radical (unpaired) electrons. The molecule has 3 rings (SSSR count). The lowest BCUT2D eigenvalue weighted by atomic mass is 10.0. The maximum Gasteiger partial charge on any atom is 0.0400 e. The number of rotatable bonds is 6. The molecule has 1 aromatic rings. The Bertz CT molecular complexity index is 466. The van der Waals surface area contributed by atoms with Crippen LogP contribution in [0, 0.1) is 0 Å². The van der Waals surface area contributed by atoms with E-state index in [0.29, 0.717) is 6.04 Å². The van der Waals surface area contributed by atoms with Gasteiger partial charge >= 0.3 is 0 Å². The van der Waals surface area contributed by atoms with Gasteiger partial charge in [0, 0.05) is 31.4 Å². The highest BCUT2D eigenvalue weighted by Crippen LogP contribution is 2.30. The first-order chi connectivity index (χ1) is 10.3. The van der Waals surface area contributed by atoms with Crippen molar-refractivity contribution in [1.29, 1.82) is 0 Å². The first-order valence-electron chi connectivity index (χ1n) is 8.61. The zero-order valence-electron chi connectivity index (χ0n) is 13.6. The monoisotopic (exact) mass is 287 g/mol. The van der Waals surface area contributed by atoms with Crippen LogP contribution in [0.4, 0.5) is 5.69 Å². The van der Waals surface area contributed by atoms with Crippen LogP contribution in [0.5, 0.6) is 0 Å². The summed E-state index contributed by atoms with van der Waals surface area (Å²) in [6.07, 6.45) is 3.99. The zero-order chi connectivity index (χ0) is 14.7. The molecule has 1 atom stereocenters. The van der Waals surface area contributed by atoms with Crippen molar-refractivity contribution in [2.45, 2.75) is 39.2 Å². The van der Waals surface area contributed by atoms with E-state index < -0.39 is 0 Å². The molecule has 116 valence electrons. The second kappa shape index (κ2) is 6.80. The number of hydrogen-bond donors (Lipinski definition) is 1. The Labute approximate surface area is 129 Å². The predicted octanol–water partition coefficient (Wildman–Crippen LogP) is 2.82. The molecule has 0 amide bonds. The predicted molar refractivity (Wildman–Crippen MR) is 90.1 cm³/mol. The van der Waals surface area contributed by atoms with Crippen molar-refractivity contribution in [3.8, 4) is 0 Å². The molecule has 0 bridgehead atoms. The molecule has 0 aromatic heterocycles. The molecule has 0 saturated carbocycles. The van der Waals surface area contributed by atoms with Gasteiger partial charge < -0.3 is 15.1 Å². The first-order valence-corrected chi connectivity index (χ1v) is 8.61. The van der Waals surface area contributed by atoms with Gasteiger partial charge in [0.1, 0.15) is 0 Å². The largest absolute Gasteiger partial charge is 0.370 e. The summed E-state index contributed by atoms with van der Waals surface area (Å²) >= 11 is 0. The van der Waals surface area contributed by atoms with Crippen molar-refractivity contribution in [3.63, 3.8) is 0 Å². The fourth-order valence-electron chi connectivity index (χ4n) is 3.68. The highest BCUT2D eigenvalue weighted by Gasteiger charge is 2.21. The fraction of sp³-hybridized carbons (Fsp3) is 0.667. The van der Waals surface area contributed by atoms with Gasteiger partial charge in [-0.2, -0.15) is 0 Å². The summed E-state index contributed by atoms with van der Waals surface area (Å²) < 4.78 is 0. The molecular weight excluding hydrogens is 258 g/mol. The molecule has 1 saturated heterocycles. The van der Waals surface area contributed by atoms with Gasteiger partial charge in [-0.1, -0.05) is 19.1 Å². The average molecular weight is 287 g/mol. The fourth-order valence-corrected chi connectivity index (χ4v) is 3.68. The van der Waals surface area contributed by atoms with Gasteiger partial charge in [-0.05, 0) is 63.0 Å². The molecule has 1 aromatic carbocycles. The Balaban J connectivity index is 1.62. The molecule has 0 aliphatic carbocycles. The number of nitrogens with one attached hydrogen (secondary N) is 1. The van der Waals surface area contributed by atoms with Crippen LogP contribution in [0.1, 0.15) is 43.9 Å². The van der Waals surface area contributed by atoms with Gasteiger partial charge in [-0.15, -0.1) is 0 Å². The van der Waals surface area contributed by atoms with Crippen molar-refractivity contribution in [3.05, 3.63) is 29.3 Å². The molecule has 0 spiro atoms. The molecule has 21 heavy (non-hydrogen) atoms. The van der Waals surface area contributed by atoms with Gasteiger partial charge in [0.2, 0.25) is 0 Å². The third-order valence-corrected chi connectivity index (χ3v) is 4.99. The smallest absolute Gasteiger partial charge is 0.0400 e. The average Bonchev–Trinajstić information content (AvgIpc) is 3.14. The lowest BCUT2D eigenvalue weighted by Crippen LogP contribution is -2.32. The molecule has 1 N–H and O–H groups in total. The first kappa shape index (κ1) is 14.9. The van der Waals surface area contributed by atoms with Gasteiger partial charge in [-0.3, -0.25) is 0 Å². The molecule has 2 heterocycles. The number of anilines is 1. The summed E-state index contributed by atoms with van der Waals surface area (Å²) in [5.41, 5.74) is 4.44. The van der Waals surface area contributed by atoms with Gasteiger partial charge in [0.05, 0.1) is 0 Å². The molecule has 3 nitrogen and oxygen atoms in total. The standard InChI is InChI=1S/C18H29N3/c1-3-19-15(2)16-6-7-18-17(14-16)8-11-21(18)13-12-20-9-4-5-10-20/h6-7,14-15,19H,3-5,8-13H2,1-2H3. The van der Waals surface area contributed by atoms with Crippen LogP contribution < -0.4 is 10.2 Å². The van der Waals surface area contributed by atoms with E-state index in [9.17, 15) is 0 Å². The highest BCUT2D eigenvalue weighted by atomic mass is 15.2. The van der Waals surface area contributed by atoms with Crippen LogP contribution in [0.2, 0.25) is 0 Å². The van der Waals surface area contributed by atoms with E-state index in [2.05, 4.69) is 47.2 Å². The normalized spacial score (nSPS) is 20.0. The van der Waals surface area contributed by atoms with Crippen LogP contribution >= 0.6 is 0 Å². The summed E-state index contributed by atoms with van der Waals surface area (Å²) in [6.45, 7) is 11.7. The van der Waals surface area contributed by atoms with Gasteiger partial charge in [0.15, 0.2) is 0 Å². The van der Waals surface area contributed by atoms with Crippen molar-refractivity contribution < 1.29 is 0 Å². The van der Waals surface area contributed by atoms with E-state index in [4.69, 9.17) is 0 Å². The van der Waals surface area contributed by atoms with Crippen molar-refractivity contribution in [2.24, 2.45) is 0 Å². The summed E-state index contributed by atoms with van der Waals surface area (Å²) in [7, 11) is 0. The molecule has 3 heteroatoms. The Morgan fingerprint density at radius 2 is 1.95 bits per heavy atom. The maximum atomic E-state index is 3.51. The number of fused-ring (bicyclic) bond motifs is 1. The maximum absolute atomic E-state index is 3.51. The summed E-state index contributed by atoms with van der Waals surface area (Å²) in [4.78, 5) is 5.19. The summed E-state index contributed by atoms with van der Waals surface area (Å²) in [5, 5.41) is 3.51. The van der Waals surface area contributed by atoms with Gasteiger partial charge in [-0.25, -0.2) is 0 Å². The number of nitrogens with zero attached hydrogens (tertiary/aromatic N) is 2. The third kappa shape index (κ3) is 3.41. The van der Waals surface area contributed by atoms with E-state index in [1.807, 2.05) is 0 Å². The van der Waals surface area contributed by atoms with Crippen LogP contribution in [0.15, 0.2) is 18.2 Å². The van der Waals surface area contributed by atoms with Crippen LogP contribution in [-0.2, 0) is 6.42 Å². The van der Waals surface area contributed by atoms with E-state index in [0.717, 1.165) is 6.54 Å². The quantitative estimate of drug-likeness (QED) is 0.868. The molecule has 1 unspecified atom stereocenters. The van der Waals surface area contributed by atoms with Gasteiger partial charge in [0.25, 0.3) is 0 Å². The van der Waals surface area contributed by atoms with Crippen molar-refractivity contribution >= 4 is 5.69 Å². The highest BCUT2D eigenvalue weighted by molar-refractivity contribution is 5.59. The Kier molecular flexibility index (Phi) is 4.81. The van der Waals surface area contributed by atoms with Crippen LogP contribution in [0.3, 0.4) is 0 Å². The number of hydrogen-bond acceptors (Lipinski definition) is 3. The van der Waals surface area contributed by atoms with E-state index >= 15 is 0 Å². The molecule has 2 aliphatic rings. The topological polar surface area (TPSA) is 18.5 Å². The minimum absolute atomic E-state index is 0.457. The van der Waals surface area contributed by atoms with Crippen LogP contribution in [-0.4, -0.2) is 44.2 Å². The summed E-state index contributed by atoms with van der Waals surface area (Å²) in [6, 6.07) is 7.52. The van der Waals surface area contributed by atoms with Crippen LogP contribution in [0.25, 0.3) is 0 Å². The molecular formula is C18H29N3. The Hall–Kier alpha value is -1.06. The zero-order valence-corrected chi connectivity index (χ0v) is 13.6. The second-order valence-electron chi connectivity index (χ2n) is 6.45. The lowest BCUT2D eigenvalue weighted by molar-refractivity contribution is 0.345. The SMILES string of the molecule is CCNC(C)c1ccc2c(c1)CCN2CCN1CCCC1. The van der Waals surface area contributed by atoms with Crippen molar-refractivity contribution in [1.82, 2.24) is 10.2 Å². The minimum atomic E-state index is 0.457. The second-order valence-corrected chi connectivity index (χ2v) is 6.45. The van der Waals surface area contributed by atoms with E-state index in [-0.39, 0.29) is 0 Å².